The van der Waals surface area contributed by atoms with Crippen molar-refractivity contribution in [1.82, 2.24) is 14.5 Å². The van der Waals surface area contributed by atoms with E-state index < -0.39 is 0 Å². The second-order valence-electron chi connectivity index (χ2n) is 13.8. The van der Waals surface area contributed by atoms with Crippen molar-refractivity contribution in [3.63, 3.8) is 0 Å². The molecular formula is C51H43N5S. The smallest absolute Gasteiger partial charge is 0.137 e. The van der Waals surface area contributed by atoms with E-state index in [1.165, 1.54) is 37.0 Å². The highest BCUT2D eigenvalue weighted by molar-refractivity contribution is 7.19. The molecule has 0 fully saturated rings. The highest BCUT2D eigenvalue weighted by Crippen LogP contribution is 2.52. The van der Waals surface area contributed by atoms with E-state index in [1.54, 1.807) is 6.08 Å². The molecule has 2 aliphatic heterocycles. The van der Waals surface area contributed by atoms with Crippen molar-refractivity contribution in [3.8, 4) is 28.2 Å². The molecule has 1 N–H and O–H groups in total. The number of aryl methyl sites for hydroxylation is 1. The predicted octanol–water partition coefficient (Wildman–Crippen LogP) is 14.5. The third kappa shape index (κ3) is 5.88. The van der Waals surface area contributed by atoms with Crippen molar-refractivity contribution in [2.24, 2.45) is 0 Å². The Hall–Kier alpha value is -6.89. The van der Waals surface area contributed by atoms with Crippen molar-refractivity contribution in [3.05, 3.63) is 192 Å². The van der Waals surface area contributed by atoms with E-state index in [0.29, 0.717) is 0 Å². The molecule has 10 rings (SSSR count). The standard InChI is InChI=1S/C49H37N5S.C2H6/c1-4-5-6-15-30-52-40-21-12-8-17-36(40)46-37-18-9-13-22-41(37)53(49(46)47-42(52)28-29-50-47)35-26-27-44(51-31-35)54-39-20-11-7-16-34(39)25-24-32(2)48(54)45-33(3)55-43-23-14-10-19-38(43)45;1-2/h4-31,50H,1H2,2-3H3;1-2H3/b6-5-,30-15-;. The lowest BCUT2D eigenvalue weighted by molar-refractivity contribution is 1.08. The summed E-state index contributed by atoms with van der Waals surface area (Å²) in [6.07, 6.45) is 18.5. The number of aromatic amines is 1. The fourth-order valence-corrected chi connectivity index (χ4v) is 9.37. The third-order valence-corrected chi connectivity index (χ3v) is 11.7. The Balaban J connectivity index is 0.00000208. The van der Waals surface area contributed by atoms with E-state index in [2.05, 4.69) is 179 Å². The maximum atomic E-state index is 5.34. The molecule has 278 valence electrons. The summed E-state index contributed by atoms with van der Waals surface area (Å²) in [5.74, 6) is 0.862. The highest BCUT2D eigenvalue weighted by atomic mass is 32.1. The maximum Gasteiger partial charge on any atom is 0.137 e. The minimum atomic E-state index is 0.862. The topological polar surface area (TPSA) is 40.1 Å². The Labute approximate surface area is 338 Å². The molecule has 0 unspecified atom stereocenters. The van der Waals surface area contributed by atoms with Gasteiger partial charge in [0.2, 0.25) is 0 Å². The molecule has 0 atom stereocenters. The number of fused-ring (bicyclic) bond motifs is 9. The average molecular weight is 758 g/mol. The Morgan fingerprint density at radius 2 is 1.46 bits per heavy atom. The Kier molecular flexibility index (Phi) is 9.41. The van der Waals surface area contributed by atoms with Gasteiger partial charge in [0.05, 0.1) is 51.5 Å². The number of para-hydroxylation sites is 3. The Morgan fingerprint density at radius 3 is 2.28 bits per heavy atom. The van der Waals surface area contributed by atoms with Gasteiger partial charge < -0.3 is 14.5 Å². The first-order valence-electron chi connectivity index (χ1n) is 19.5. The average Bonchev–Trinajstić information content (AvgIpc) is 3.92. The number of thiophene rings is 1. The SMILES string of the molecule is C=C/C=C\C=C/N1c2ccccc2-c2c(n(-c3ccc(N4C(c5c(C)sc6ccccc56)=C(C)C=Cc5ccccc54)nc3)c3ccccc23)-c2[nH]ccc21.CC. The lowest BCUT2D eigenvalue weighted by Gasteiger charge is -2.29. The van der Waals surface area contributed by atoms with Gasteiger partial charge in [0.1, 0.15) is 5.82 Å². The summed E-state index contributed by atoms with van der Waals surface area (Å²) in [7, 11) is 0. The van der Waals surface area contributed by atoms with Crippen LogP contribution in [0.5, 0.6) is 0 Å². The van der Waals surface area contributed by atoms with Crippen LogP contribution >= 0.6 is 11.3 Å². The molecule has 0 radical (unpaired) electrons. The lowest BCUT2D eigenvalue weighted by atomic mass is 10.00. The third-order valence-electron chi connectivity index (χ3n) is 10.6. The minimum Gasteiger partial charge on any atom is -0.358 e. The largest absolute Gasteiger partial charge is 0.358 e. The monoisotopic (exact) mass is 757 g/mol. The van der Waals surface area contributed by atoms with Gasteiger partial charge in [-0.25, -0.2) is 4.98 Å². The van der Waals surface area contributed by atoms with Crippen LogP contribution in [0.2, 0.25) is 0 Å². The van der Waals surface area contributed by atoms with Crippen LogP contribution in [-0.4, -0.2) is 14.5 Å². The first-order chi connectivity index (χ1) is 28.1. The molecule has 0 saturated carbocycles. The number of rotatable bonds is 6. The first-order valence-corrected chi connectivity index (χ1v) is 20.3. The van der Waals surface area contributed by atoms with Crippen molar-refractivity contribution in [2.75, 3.05) is 9.80 Å². The van der Waals surface area contributed by atoms with Gasteiger partial charge in [-0.2, -0.15) is 0 Å². The molecule has 0 spiro atoms. The molecule has 0 bridgehead atoms. The first kappa shape index (κ1) is 35.8. The van der Waals surface area contributed by atoms with Crippen molar-refractivity contribution in [2.45, 2.75) is 27.7 Å². The number of nitrogens with zero attached hydrogens (tertiary/aromatic N) is 4. The number of allylic oxidation sites excluding steroid dienone is 6. The van der Waals surface area contributed by atoms with Gasteiger partial charge in [-0.05, 0) is 73.5 Å². The minimum absolute atomic E-state index is 0.862. The van der Waals surface area contributed by atoms with Crippen molar-refractivity contribution < 1.29 is 0 Å². The van der Waals surface area contributed by atoms with Gasteiger partial charge in [-0.15, -0.1) is 11.3 Å². The number of pyridine rings is 1. The second-order valence-corrected chi connectivity index (χ2v) is 15.1. The molecule has 8 aromatic rings. The summed E-state index contributed by atoms with van der Waals surface area (Å²) in [4.78, 5) is 14.9. The summed E-state index contributed by atoms with van der Waals surface area (Å²) in [6.45, 7) is 12.3. The van der Waals surface area contributed by atoms with Gasteiger partial charge in [0.25, 0.3) is 0 Å². The molecule has 0 aliphatic carbocycles. The molecule has 0 saturated heterocycles. The maximum absolute atomic E-state index is 5.34. The molecule has 4 aromatic heterocycles. The Bertz CT molecular complexity index is 2930. The number of hydrogen-bond acceptors (Lipinski definition) is 4. The van der Waals surface area contributed by atoms with E-state index in [0.717, 1.165) is 62.3 Å². The number of anilines is 4. The second kappa shape index (κ2) is 15.0. The van der Waals surface area contributed by atoms with Crippen LogP contribution < -0.4 is 9.80 Å². The zero-order valence-corrected chi connectivity index (χ0v) is 33.4. The number of H-pyrrole nitrogens is 1. The summed E-state index contributed by atoms with van der Waals surface area (Å²) in [6, 6.07) is 41.3. The molecule has 4 aromatic carbocycles. The van der Waals surface area contributed by atoms with Crippen LogP contribution in [0.3, 0.4) is 0 Å². The molecular weight excluding hydrogens is 715 g/mol. The van der Waals surface area contributed by atoms with Crippen LogP contribution in [-0.2, 0) is 0 Å². The van der Waals surface area contributed by atoms with Crippen molar-refractivity contribution >= 4 is 67.0 Å². The van der Waals surface area contributed by atoms with E-state index in [1.807, 2.05) is 49.7 Å². The summed E-state index contributed by atoms with van der Waals surface area (Å²) >= 11 is 1.85. The molecule has 2 aliphatic rings. The number of hydrogen-bond donors (Lipinski definition) is 1. The fraction of sp³-hybridized carbons (Fsp3) is 0.0784. The molecule has 0 amide bonds. The van der Waals surface area contributed by atoms with Crippen LogP contribution in [0.15, 0.2) is 176 Å². The molecule has 57 heavy (non-hydrogen) atoms. The van der Waals surface area contributed by atoms with Gasteiger partial charge in [-0.1, -0.05) is 124 Å². The van der Waals surface area contributed by atoms with E-state index >= 15 is 0 Å². The van der Waals surface area contributed by atoms with Gasteiger partial charge in [0.15, 0.2) is 0 Å². The predicted molar refractivity (Wildman–Crippen MR) is 245 cm³/mol. The van der Waals surface area contributed by atoms with E-state index in [9.17, 15) is 0 Å². The van der Waals surface area contributed by atoms with Crippen LogP contribution in [0, 0.1) is 6.92 Å². The fourth-order valence-electron chi connectivity index (χ4n) is 8.31. The normalized spacial score (nSPS) is 13.3. The van der Waals surface area contributed by atoms with Crippen LogP contribution in [0.4, 0.5) is 22.9 Å². The Morgan fingerprint density at radius 1 is 0.702 bits per heavy atom. The summed E-state index contributed by atoms with van der Waals surface area (Å²) in [5.41, 5.74) is 14.6. The van der Waals surface area contributed by atoms with E-state index in [-0.39, 0.29) is 0 Å². The zero-order chi connectivity index (χ0) is 39.0. The molecule has 6 heteroatoms. The van der Waals surface area contributed by atoms with Gasteiger partial charge >= 0.3 is 0 Å². The quantitative estimate of drug-likeness (QED) is 0.172. The van der Waals surface area contributed by atoms with Gasteiger partial charge in [0, 0.05) is 49.4 Å². The van der Waals surface area contributed by atoms with Gasteiger partial charge in [-0.3, -0.25) is 4.90 Å². The zero-order valence-electron chi connectivity index (χ0n) is 32.6. The van der Waals surface area contributed by atoms with Crippen molar-refractivity contribution in [1.29, 1.82) is 0 Å². The highest BCUT2D eigenvalue weighted by Gasteiger charge is 2.32. The molecule has 6 heterocycles. The van der Waals surface area contributed by atoms with Crippen LogP contribution in [0.1, 0.15) is 36.8 Å². The summed E-state index contributed by atoms with van der Waals surface area (Å²) in [5, 5.41) is 2.44. The van der Waals surface area contributed by atoms with Crippen LogP contribution in [0.25, 0.3) is 61.0 Å². The summed E-state index contributed by atoms with van der Waals surface area (Å²) < 4.78 is 3.65. The molecule has 5 nitrogen and oxygen atoms in total. The number of nitrogens with one attached hydrogen (secondary N) is 1. The lowest BCUT2D eigenvalue weighted by Crippen LogP contribution is -2.18. The number of aromatic nitrogens is 3. The number of benzene rings is 4. The van der Waals surface area contributed by atoms with E-state index in [4.69, 9.17) is 4.98 Å².